The molecule has 0 heterocycles. The molecule has 8 nitrogen and oxygen atoms in total. The summed E-state index contributed by atoms with van der Waals surface area (Å²) in [5.41, 5.74) is 9.95. The van der Waals surface area contributed by atoms with Crippen molar-refractivity contribution in [1.29, 1.82) is 0 Å². The van der Waals surface area contributed by atoms with E-state index < -0.39 is 23.7 Å². The van der Waals surface area contributed by atoms with E-state index in [2.05, 4.69) is 5.32 Å². The molecule has 3 atom stereocenters. The van der Waals surface area contributed by atoms with Crippen molar-refractivity contribution in [2.45, 2.75) is 76.6 Å². The Labute approximate surface area is 274 Å². The summed E-state index contributed by atoms with van der Waals surface area (Å²) in [6.07, 6.45) is 5.17. The minimum absolute atomic E-state index is 0.0602. The minimum atomic E-state index is -0.882. The summed E-state index contributed by atoms with van der Waals surface area (Å²) >= 11 is 0. The van der Waals surface area contributed by atoms with Crippen LogP contribution in [0.1, 0.15) is 51.2 Å². The van der Waals surface area contributed by atoms with Gasteiger partial charge < -0.3 is 26.0 Å². The summed E-state index contributed by atoms with van der Waals surface area (Å²) in [6.45, 7) is 5.71. The zero-order valence-corrected chi connectivity index (χ0v) is 27.9. The molecule has 0 aromatic heterocycles. The molecule has 0 saturated heterocycles. The Balaban J connectivity index is 1.93. The molecule has 0 aliphatic carbocycles. The molecular formula is C38H50N4O4. The van der Waals surface area contributed by atoms with Gasteiger partial charge in [0.05, 0.1) is 6.10 Å². The molecule has 3 amide bonds. The molecular weight excluding hydrogens is 576 g/mol. The number of benzene rings is 3. The van der Waals surface area contributed by atoms with Crippen LogP contribution in [-0.4, -0.2) is 77.0 Å². The second kappa shape index (κ2) is 17.4. The van der Waals surface area contributed by atoms with Gasteiger partial charge in [-0.3, -0.25) is 14.4 Å². The van der Waals surface area contributed by atoms with Gasteiger partial charge in [-0.15, -0.1) is 0 Å². The second-order valence-electron chi connectivity index (χ2n) is 12.2. The largest absolute Gasteiger partial charge is 0.392 e. The summed E-state index contributed by atoms with van der Waals surface area (Å²) < 4.78 is 0. The number of nitrogens with zero attached hydrogens (tertiary/aromatic N) is 2. The molecule has 0 fully saturated rings. The van der Waals surface area contributed by atoms with E-state index in [4.69, 9.17) is 5.73 Å². The number of likely N-dealkylation sites (N-methyl/N-ethyl adjacent to an activating group) is 2. The summed E-state index contributed by atoms with van der Waals surface area (Å²) in [5.74, 6) is -1.06. The molecule has 0 bridgehead atoms. The van der Waals surface area contributed by atoms with Gasteiger partial charge in [0, 0.05) is 39.0 Å². The number of hydrogen-bond acceptors (Lipinski definition) is 5. The van der Waals surface area contributed by atoms with Crippen LogP contribution in [0.15, 0.2) is 97.1 Å². The number of amides is 3. The molecule has 246 valence electrons. The Hall–Kier alpha value is -4.27. The van der Waals surface area contributed by atoms with Crippen molar-refractivity contribution in [3.63, 3.8) is 0 Å². The van der Waals surface area contributed by atoms with Gasteiger partial charge >= 0.3 is 0 Å². The molecule has 3 aromatic rings. The predicted molar refractivity (Wildman–Crippen MR) is 185 cm³/mol. The lowest BCUT2D eigenvalue weighted by molar-refractivity contribution is -0.146. The van der Waals surface area contributed by atoms with Gasteiger partial charge in [-0.1, -0.05) is 105 Å². The van der Waals surface area contributed by atoms with Gasteiger partial charge in [0.2, 0.25) is 17.7 Å². The van der Waals surface area contributed by atoms with Crippen molar-refractivity contribution in [3.05, 3.63) is 108 Å². The molecule has 3 rings (SSSR count). The second-order valence-corrected chi connectivity index (χ2v) is 12.2. The maximum atomic E-state index is 14.3. The first kappa shape index (κ1) is 36.2. The van der Waals surface area contributed by atoms with Crippen LogP contribution in [0, 0.1) is 0 Å². The maximum absolute atomic E-state index is 14.3. The fourth-order valence-electron chi connectivity index (χ4n) is 5.28. The summed E-state index contributed by atoms with van der Waals surface area (Å²) in [4.78, 5) is 44.1. The van der Waals surface area contributed by atoms with Crippen molar-refractivity contribution in [3.8, 4) is 11.1 Å². The fourth-order valence-corrected chi connectivity index (χ4v) is 5.28. The first-order valence-corrected chi connectivity index (χ1v) is 16.1. The molecule has 0 unspecified atom stereocenters. The van der Waals surface area contributed by atoms with Crippen LogP contribution in [0.4, 0.5) is 0 Å². The third kappa shape index (κ3) is 10.4. The van der Waals surface area contributed by atoms with E-state index in [1.54, 1.807) is 27.1 Å². The van der Waals surface area contributed by atoms with Gasteiger partial charge in [-0.2, -0.15) is 0 Å². The molecule has 8 heteroatoms. The van der Waals surface area contributed by atoms with Gasteiger partial charge in [0.1, 0.15) is 12.1 Å². The number of carbonyl (C=O) groups excluding carboxylic acids is 3. The average Bonchev–Trinajstić information content (AvgIpc) is 3.08. The zero-order valence-electron chi connectivity index (χ0n) is 27.9. The van der Waals surface area contributed by atoms with Crippen molar-refractivity contribution in [2.75, 3.05) is 20.6 Å². The number of nitrogens with one attached hydrogen (secondary N) is 1. The smallest absolute Gasteiger partial charge is 0.246 e. The average molecular weight is 627 g/mol. The number of hydrogen-bond donors (Lipinski definition) is 3. The molecule has 46 heavy (non-hydrogen) atoms. The summed E-state index contributed by atoms with van der Waals surface area (Å²) in [6, 6.07) is 25.7. The molecule has 4 N–H and O–H groups in total. The lowest BCUT2D eigenvalue weighted by Gasteiger charge is -2.34. The Morgan fingerprint density at radius 3 is 1.89 bits per heavy atom. The topological polar surface area (TPSA) is 116 Å². The standard InChI is InChI=1S/C38H50N4O4/c1-6-38(39,7-2)24-14-19-35(44)41(4)34(26-30-20-22-32(23-21-30)31-17-12-9-13-18-31)37(46)42(5)33(36(45)40-27-28(3)43)25-29-15-10-8-11-16-29/h8-23,28,33-34,43H,6-7,24-27,39H2,1-5H3,(H,40,45)/t28-,33-,34-/m1/s1. The highest BCUT2D eigenvalue weighted by Gasteiger charge is 2.35. The van der Waals surface area contributed by atoms with Gasteiger partial charge in [-0.05, 0) is 54.5 Å². The number of aliphatic hydroxyl groups excluding tert-OH is 1. The van der Waals surface area contributed by atoms with Gasteiger partial charge in [0.15, 0.2) is 0 Å². The normalized spacial score (nSPS) is 13.5. The van der Waals surface area contributed by atoms with Crippen LogP contribution in [0.2, 0.25) is 0 Å². The molecule has 0 aliphatic rings. The van der Waals surface area contributed by atoms with E-state index >= 15 is 0 Å². The zero-order chi connectivity index (χ0) is 33.7. The van der Waals surface area contributed by atoms with E-state index in [0.717, 1.165) is 35.1 Å². The van der Waals surface area contributed by atoms with E-state index in [1.807, 2.05) is 98.8 Å². The number of carbonyl (C=O) groups is 3. The Morgan fingerprint density at radius 1 is 0.804 bits per heavy atom. The van der Waals surface area contributed by atoms with E-state index in [-0.39, 0.29) is 37.1 Å². The summed E-state index contributed by atoms with van der Waals surface area (Å²) in [5, 5.41) is 12.6. The van der Waals surface area contributed by atoms with Crippen LogP contribution in [0.3, 0.4) is 0 Å². The number of nitrogens with two attached hydrogens (primary N) is 1. The van der Waals surface area contributed by atoms with Crippen molar-refractivity contribution in [1.82, 2.24) is 15.1 Å². The van der Waals surface area contributed by atoms with Crippen LogP contribution < -0.4 is 11.1 Å². The van der Waals surface area contributed by atoms with Crippen LogP contribution >= 0.6 is 0 Å². The van der Waals surface area contributed by atoms with Crippen LogP contribution in [-0.2, 0) is 27.2 Å². The van der Waals surface area contributed by atoms with Crippen molar-refractivity contribution in [2.24, 2.45) is 5.73 Å². The first-order valence-electron chi connectivity index (χ1n) is 16.1. The van der Waals surface area contributed by atoms with Gasteiger partial charge in [0.25, 0.3) is 0 Å². The molecule has 0 spiro atoms. The third-order valence-electron chi connectivity index (χ3n) is 8.74. The fraction of sp³-hybridized carbons (Fsp3) is 0.395. The third-order valence-corrected chi connectivity index (χ3v) is 8.74. The highest BCUT2D eigenvalue weighted by atomic mass is 16.3. The predicted octanol–water partition coefficient (Wildman–Crippen LogP) is 4.75. The molecule has 0 aliphatic heterocycles. The summed E-state index contributed by atoms with van der Waals surface area (Å²) in [7, 11) is 3.22. The van der Waals surface area contributed by atoms with Crippen LogP contribution in [0.25, 0.3) is 11.1 Å². The van der Waals surface area contributed by atoms with Crippen LogP contribution in [0.5, 0.6) is 0 Å². The highest BCUT2D eigenvalue weighted by Crippen LogP contribution is 2.22. The monoisotopic (exact) mass is 626 g/mol. The maximum Gasteiger partial charge on any atom is 0.246 e. The van der Waals surface area contributed by atoms with E-state index in [1.165, 1.54) is 15.9 Å². The van der Waals surface area contributed by atoms with E-state index in [9.17, 15) is 19.5 Å². The molecule has 0 saturated carbocycles. The van der Waals surface area contributed by atoms with E-state index in [0.29, 0.717) is 6.42 Å². The molecule has 0 radical (unpaired) electrons. The highest BCUT2D eigenvalue weighted by molar-refractivity contribution is 5.95. The molecule has 3 aromatic carbocycles. The van der Waals surface area contributed by atoms with Crippen molar-refractivity contribution >= 4 is 17.7 Å². The lowest BCUT2D eigenvalue weighted by Crippen LogP contribution is -2.56. The Bertz CT molecular complexity index is 1420. The van der Waals surface area contributed by atoms with Crippen molar-refractivity contribution < 1.29 is 19.5 Å². The van der Waals surface area contributed by atoms with Gasteiger partial charge in [-0.25, -0.2) is 0 Å². The Morgan fingerprint density at radius 2 is 1.33 bits per heavy atom. The quantitative estimate of drug-likeness (QED) is 0.199. The Kier molecular flexibility index (Phi) is 13.7. The number of rotatable bonds is 16. The minimum Gasteiger partial charge on any atom is -0.392 e. The number of aliphatic hydroxyl groups is 1. The first-order chi connectivity index (χ1) is 22.0. The SMILES string of the molecule is CCC(N)(CC)CC=CC(=O)N(C)[C@H](Cc1ccc(-c2ccccc2)cc1)C(=O)N(C)[C@H](Cc1ccccc1)C(=O)NC[C@@H](C)O. The lowest BCUT2D eigenvalue weighted by atomic mass is 9.90.